The van der Waals surface area contributed by atoms with E-state index in [9.17, 15) is 4.79 Å². The summed E-state index contributed by atoms with van der Waals surface area (Å²) in [6.07, 6.45) is 6.14. The summed E-state index contributed by atoms with van der Waals surface area (Å²) >= 11 is 0. The van der Waals surface area contributed by atoms with Gasteiger partial charge in [-0.05, 0) is 32.2 Å². The molecule has 1 N–H and O–H groups in total. The average molecular weight is 210 g/mol. The van der Waals surface area contributed by atoms with Gasteiger partial charge in [-0.3, -0.25) is 4.79 Å². The van der Waals surface area contributed by atoms with E-state index in [1.54, 1.807) is 0 Å². The minimum atomic E-state index is 0.268. The van der Waals surface area contributed by atoms with Crippen molar-refractivity contribution in [2.24, 2.45) is 5.92 Å². The van der Waals surface area contributed by atoms with Crippen molar-refractivity contribution < 1.29 is 4.79 Å². The van der Waals surface area contributed by atoms with Crippen LogP contribution in [0.4, 0.5) is 0 Å². The van der Waals surface area contributed by atoms with Gasteiger partial charge in [0.2, 0.25) is 5.91 Å². The van der Waals surface area contributed by atoms with Gasteiger partial charge in [0.25, 0.3) is 0 Å². The van der Waals surface area contributed by atoms with Crippen molar-refractivity contribution >= 4 is 5.91 Å². The molecule has 0 aromatic carbocycles. The fourth-order valence-corrected chi connectivity index (χ4v) is 2.60. The molecule has 15 heavy (non-hydrogen) atoms. The molecule has 0 saturated carbocycles. The van der Waals surface area contributed by atoms with Crippen LogP contribution in [-0.4, -0.2) is 36.5 Å². The van der Waals surface area contributed by atoms with Crippen LogP contribution in [0.1, 0.15) is 39.0 Å². The van der Waals surface area contributed by atoms with Gasteiger partial charge in [-0.15, -0.1) is 0 Å². The maximum atomic E-state index is 11.7. The molecule has 2 atom stereocenters. The highest BCUT2D eigenvalue weighted by atomic mass is 16.2. The summed E-state index contributed by atoms with van der Waals surface area (Å²) in [5.41, 5.74) is 0. The largest absolute Gasteiger partial charge is 0.342 e. The van der Waals surface area contributed by atoms with E-state index in [1.807, 2.05) is 11.8 Å². The number of amides is 1. The van der Waals surface area contributed by atoms with Crippen LogP contribution in [-0.2, 0) is 4.79 Å². The van der Waals surface area contributed by atoms with Gasteiger partial charge in [-0.25, -0.2) is 0 Å². The van der Waals surface area contributed by atoms with Crippen molar-refractivity contribution in [2.45, 2.75) is 45.1 Å². The van der Waals surface area contributed by atoms with Crippen LogP contribution >= 0.6 is 0 Å². The zero-order valence-electron chi connectivity index (χ0n) is 9.67. The number of piperidine rings is 1. The summed E-state index contributed by atoms with van der Waals surface area (Å²) in [4.78, 5) is 13.7. The minimum Gasteiger partial charge on any atom is -0.342 e. The SMILES string of the molecule is CC1CCN(CCC2CCCCN2)C1=O. The molecule has 3 heteroatoms. The number of likely N-dealkylation sites (tertiary alicyclic amines) is 1. The summed E-state index contributed by atoms with van der Waals surface area (Å²) < 4.78 is 0. The smallest absolute Gasteiger partial charge is 0.225 e. The molecule has 2 saturated heterocycles. The first-order chi connectivity index (χ1) is 7.27. The topological polar surface area (TPSA) is 32.3 Å². The third-order valence-corrected chi connectivity index (χ3v) is 3.73. The second-order valence-corrected chi connectivity index (χ2v) is 4.95. The molecular weight excluding hydrogens is 188 g/mol. The van der Waals surface area contributed by atoms with E-state index in [4.69, 9.17) is 0 Å². The Kier molecular flexibility index (Phi) is 3.62. The Morgan fingerprint density at radius 3 is 2.87 bits per heavy atom. The van der Waals surface area contributed by atoms with Crippen molar-refractivity contribution in [1.82, 2.24) is 10.2 Å². The van der Waals surface area contributed by atoms with Crippen molar-refractivity contribution in [1.29, 1.82) is 0 Å². The lowest BCUT2D eigenvalue weighted by Gasteiger charge is -2.25. The Labute approximate surface area is 92.2 Å². The highest BCUT2D eigenvalue weighted by Gasteiger charge is 2.27. The summed E-state index contributed by atoms with van der Waals surface area (Å²) in [6, 6.07) is 0.655. The first-order valence-electron chi connectivity index (χ1n) is 6.29. The highest BCUT2D eigenvalue weighted by molar-refractivity contribution is 5.80. The molecule has 2 aliphatic heterocycles. The van der Waals surface area contributed by atoms with Gasteiger partial charge in [0.1, 0.15) is 0 Å². The zero-order chi connectivity index (χ0) is 10.7. The van der Waals surface area contributed by atoms with Crippen molar-refractivity contribution in [3.63, 3.8) is 0 Å². The molecule has 0 radical (unpaired) electrons. The summed E-state index contributed by atoms with van der Waals surface area (Å²) in [6.45, 7) is 5.14. The molecule has 0 aromatic heterocycles. The summed E-state index contributed by atoms with van der Waals surface area (Å²) in [5.74, 6) is 0.634. The predicted octanol–water partition coefficient (Wildman–Crippen LogP) is 1.39. The Bertz CT molecular complexity index is 224. The highest BCUT2D eigenvalue weighted by Crippen LogP contribution is 2.18. The Morgan fingerprint density at radius 2 is 2.27 bits per heavy atom. The molecule has 86 valence electrons. The van der Waals surface area contributed by atoms with Crippen molar-refractivity contribution in [2.75, 3.05) is 19.6 Å². The molecule has 3 nitrogen and oxygen atoms in total. The van der Waals surface area contributed by atoms with E-state index in [1.165, 1.54) is 19.3 Å². The van der Waals surface area contributed by atoms with E-state index in [2.05, 4.69) is 5.32 Å². The first-order valence-corrected chi connectivity index (χ1v) is 6.29. The van der Waals surface area contributed by atoms with Gasteiger partial charge in [-0.1, -0.05) is 13.3 Å². The van der Waals surface area contributed by atoms with E-state index in [-0.39, 0.29) is 5.92 Å². The minimum absolute atomic E-state index is 0.268. The molecule has 2 fully saturated rings. The van der Waals surface area contributed by atoms with Gasteiger partial charge in [0.05, 0.1) is 0 Å². The maximum absolute atomic E-state index is 11.7. The number of rotatable bonds is 3. The lowest BCUT2D eigenvalue weighted by molar-refractivity contribution is -0.130. The van der Waals surface area contributed by atoms with Gasteiger partial charge in [0, 0.05) is 25.0 Å². The second kappa shape index (κ2) is 4.97. The number of nitrogens with one attached hydrogen (secondary N) is 1. The van der Waals surface area contributed by atoms with Crippen LogP contribution < -0.4 is 5.32 Å². The van der Waals surface area contributed by atoms with Crippen molar-refractivity contribution in [3.8, 4) is 0 Å². The first kappa shape index (κ1) is 10.9. The Morgan fingerprint density at radius 1 is 1.40 bits per heavy atom. The molecule has 0 aliphatic carbocycles. The molecule has 1 amide bonds. The fourth-order valence-electron chi connectivity index (χ4n) is 2.60. The third kappa shape index (κ3) is 2.71. The zero-order valence-corrected chi connectivity index (χ0v) is 9.67. The predicted molar refractivity (Wildman–Crippen MR) is 60.6 cm³/mol. The van der Waals surface area contributed by atoms with Crippen LogP contribution in [0, 0.1) is 5.92 Å². The summed E-state index contributed by atoms with van der Waals surface area (Å²) in [5, 5.41) is 3.53. The molecule has 0 spiro atoms. The van der Waals surface area contributed by atoms with Gasteiger partial charge >= 0.3 is 0 Å². The fraction of sp³-hybridized carbons (Fsp3) is 0.917. The van der Waals surface area contributed by atoms with Crippen LogP contribution in [0.5, 0.6) is 0 Å². The van der Waals surface area contributed by atoms with Gasteiger partial charge in [0.15, 0.2) is 0 Å². The van der Waals surface area contributed by atoms with Gasteiger partial charge < -0.3 is 10.2 Å². The Balaban J connectivity index is 1.71. The molecular formula is C12H22N2O. The lowest BCUT2D eigenvalue weighted by Crippen LogP contribution is -2.38. The molecule has 2 aliphatic rings. The maximum Gasteiger partial charge on any atom is 0.225 e. The van der Waals surface area contributed by atoms with E-state index < -0.39 is 0 Å². The van der Waals surface area contributed by atoms with Gasteiger partial charge in [-0.2, -0.15) is 0 Å². The molecule has 2 unspecified atom stereocenters. The van der Waals surface area contributed by atoms with E-state index in [0.29, 0.717) is 11.9 Å². The number of nitrogens with zero attached hydrogens (tertiary/aromatic N) is 1. The quantitative estimate of drug-likeness (QED) is 0.763. The molecule has 0 bridgehead atoms. The number of carbonyl (C=O) groups is 1. The monoisotopic (exact) mass is 210 g/mol. The van der Waals surface area contributed by atoms with Crippen LogP contribution in [0.25, 0.3) is 0 Å². The second-order valence-electron chi connectivity index (χ2n) is 4.95. The normalized spacial score (nSPS) is 32.3. The molecule has 2 rings (SSSR count). The van der Waals surface area contributed by atoms with E-state index in [0.717, 1.165) is 32.5 Å². The third-order valence-electron chi connectivity index (χ3n) is 3.73. The number of hydrogen-bond donors (Lipinski definition) is 1. The molecule has 0 aromatic rings. The van der Waals surface area contributed by atoms with Crippen LogP contribution in [0.3, 0.4) is 0 Å². The van der Waals surface area contributed by atoms with Crippen LogP contribution in [0.2, 0.25) is 0 Å². The van der Waals surface area contributed by atoms with E-state index >= 15 is 0 Å². The number of hydrogen-bond acceptors (Lipinski definition) is 2. The number of carbonyl (C=O) groups excluding carboxylic acids is 1. The standard InChI is InChI=1S/C12H22N2O/c1-10-5-8-14(12(10)15)9-6-11-4-2-3-7-13-11/h10-11,13H,2-9H2,1H3. The average Bonchev–Trinajstić information content (AvgIpc) is 2.59. The van der Waals surface area contributed by atoms with Crippen LogP contribution in [0.15, 0.2) is 0 Å². The lowest BCUT2D eigenvalue weighted by atomic mass is 10.0. The summed E-state index contributed by atoms with van der Waals surface area (Å²) in [7, 11) is 0. The Hall–Kier alpha value is -0.570. The van der Waals surface area contributed by atoms with Crippen molar-refractivity contribution in [3.05, 3.63) is 0 Å². The molecule has 2 heterocycles.